The maximum absolute atomic E-state index is 6.09. The Morgan fingerprint density at radius 2 is 1.44 bits per heavy atom. The monoisotopic (exact) mass is 394 g/mol. The summed E-state index contributed by atoms with van der Waals surface area (Å²) < 4.78 is 7.77. The van der Waals surface area contributed by atoms with Crippen LogP contribution < -0.4 is 0 Å². The molecule has 5 heteroatoms. The first-order valence-corrected chi connectivity index (χ1v) is 9.57. The first-order chi connectivity index (χ1) is 13.2. The summed E-state index contributed by atoms with van der Waals surface area (Å²) >= 11 is 11.6. The van der Waals surface area contributed by atoms with Gasteiger partial charge >= 0.3 is 0 Å². The number of aromatic nitrogens is 1. The Morgan fingerprint density at radius 1 is 0.852 bits per heavy atom. The number of hydrogen-bond donors (Lipinski definition) is 0. The molecule has 0 unspecified atom stereocenters. The lowest BCUT2D eigenvalue weighted by Gasteiger charge is -2.23. The van der Waals surface area contributed by atoms with Gasteiger partial charge in [0.1, 0.15) is 0 Å². The van der Waals surface area contributed by atoms with Crippen molar-refractivity contribution in [3.05, 3.63) is 99.8 Å². The molecule has 3 nitrogen and oxygen atoms in total. The topological polar surface area (TPSA) is 21.3 Å². The van der Waals surface area contributed by atoms with E-state index in [0.717, 1.165) is 18.6 Å². The Kier molecular flexibility index (Phi) is 5.39. The third kappa shape index (κ3) is 4.30. The van der Waals surface area contributed by atoms with Crippen molar-refractivity contribution in [3.8, 4) is 0 Å². The predicted molar refractivity (Wildman–Crippen MR) is 112 cm³/mol. The quantitative estimate of drug-likeness (QED) is 0.359. The van der Waals surface area contributed by atoms with Gasteiger partial charge < -0.3 is 4.42 Å². The summed E-state index contributed by atoms with van der Waals surface area (Å²) in [4.78, 5) is 2.81. The molecule has 0 aliphatic rings. The molecule has 0 fully saturated rings. The number of fused-ring (bicyclic) bond motifs is 1. The van der Waals surface area contributed by atoms with Crippen molar-refractivity contribution in [2.75, 3.05) is 0 Å². The minimum atomic E-state index is 0.457. The number of halogens is 1. The molecule has 1 heterocycles. The number of benzene rings is 3. The smallest absolute Gasteiger partial charge is 0.270 e. The molecule has 136 valence electrons. The molecule has 0 bridgehead atoms. The van der Waals surface area contributed by atoms with E-state index < -0.39 is 0 Å². The number of rotatable bonds is 6. The fourth-order valence-electron chi connectivity index (χ4n) is 3.21. The summed E-state index contributed by atoms with van der Waals surface area (Å²) in [6, 6.07) is 26.5. The lowest BCUT2D eigenvalue weighted by Crippen LogP contribution is -2.25. The highest BCUT2D eigenvalue weighted by Gasteiger charge is 2.13. The SMILES string of the molecule is S=c1oc2cc(Cl)ccc2n1CN(Cc1ccccc1)Cc1ccccc1. The van der Waals surface area contributed by atoms with Gasteiger partial charge in [-0.05, 0) is 35.5 Å². The zero-order chi connectivity index (χ0) is 18.6. The predicted octanol–water partition coefficient (Wildman–Crippen LogP) is 6.28. The van der Waals surface area contributed by atoms with E-state index in [2.05, 4.69) is 53.4 Å². The largest absolute Gasteiger partial charge is 0.429 e. The molecule has 0 spiro atoms. The average Bonchev–Trinajstić information content (AvgIpc) is 2.98. The van der Waals surface area contributed by atoms with Crippen LogP contribution in [-0.2, 0) is 19.8 Å². The van der Waals surface area contributed by atoms with E-state index in [1.165, 1.54) is 11.1 Å². The first-order valence-electron chi connectivity index (χ1n) is 8.78. The Morgan fingerprint density at radius 3 is 2.04 bits per heavy atom. The third-order valence-corrected chi connectivity index (χ3v) is 5.01. The van der Waals surface area contributed by atoms with Crippen LogP contribution in [0.5, 0.6) is 0 Å². The summed E-state index contributed by atoms with van der Waals surface area (Å²) in [5.41, 5.74) is 4.19. The first kappa shape index (κ1) is 18.0. The highest BCUT2D eigenvalue weighted by molar-refractivity contribution is 7.71. The Labute approximate surface area is 168 Å². The van der Waals surface area contributed by atoms with Crippen LogP contribution in [-0.4, -0.2) is 9.47 Å². The van der Waals surface area contributed by atoms with Crippen LogP contribution >= 0.6 is 23.8 Å². The molecule has 0 saturated carbocycles. The molecule has 27 heavy (non-hydrogen) atoms. The van der Waals surface area contributed by atoms with Gasteiger partial charge in [-0.15, -0.1) is 0 Å². The van der Waals surface area contributed by atoms with Gasteiger partial charge in [0.15, 0.2) is 5.58 Å². The van der Waals surface area contributed by atoms with Crippen LogP contribution in [0.1, 0.15) is 11.1 Å². The Hall–Kier alpha value is -2.40. The summed E-state index contributed by atoms with van der Waals surface area (Å²) in [5.74, 6) is 0. The maximum atomic E-state index is 6.09. The van der Waals surface area contributed by atoms with E-state index in [1.807, 2.05) is 34.9 Å². The van der Waals surface area contributed by atoms with Crippen molar-refractivity contribution in [2.45, 2.75) is 19.8 Å². The molecule has 0 N–H and O–H groups in total. The van der Waals surface area contributed by atoms with Gasteiger partial charge in [0.2, 0.25) is 0 Å². The van der Waals surface area contributed by atoms with Crippen LogP contribution in [0.2, 0.25) is 5.02 Å². The van der Waals surface area contributed by atoms with E-state index in [4.69, 9.17) is 28.2 Å². The highest BCUT2D eigenvalue weighted by Crippen LogP contribution is 2.23. The molecule has 0 saturated heterocycles. The van der Waals surface area contributed by atoms with E-state index in [0.29, 0.717) is 22.1 Å². The molecule has 0 radical (unpaired) electrons. The van der Waals surface area contributed by atoms with Crippen molar-refractivity contribution >= 4 is 34.9 Å². The minimum Gasteiger partial charge on any atom is -0.429 e. The van der Waals surface area contributed by atoms with Crippen LogP contribution in [0, 0.1) is 4.84 Å². The second-order valence-electron chi connectivity index (χ2n) is 6.51. The van der Waals surface area contributed by atoms with Crippen molar-refractivity contribution in [3.63, 3.8) is 0 Å². The van der Waals surface area contributed by atoms with Gasteiger partial charge in [0, 0.05) is 24.2 Å². The lowest BCUT2D eigenvalue weighted by atomic mass is 10.2. The summed E-state index contributed by atoms with van der Waals surface area (Å²) in [6.07, 6.45) is 0. The lowest BCUT2D eigenvalue weighted by molar-refractivity contribution is 0.198. The van der Waals surface area contributed by atoms with Crippen molar-refractivity contribution in [1.82, 2.24) is 9.47 Å². The van der Waals surface area contributed by atoms with Crippen molar-refractivity contribution < 1.29 is 4.42 Å². The van der Waals surface area contributed by atoms with Crippen LogP contribution in [0.15, 0.2) is 83.3 Å². The van der Waals surface area contributed by atoms with Gasteiger partial charge in [-0.3, -0.25) is 9.47 Å². The fourth-order valence-corrected chi connectivity index (χ4v) is 3.62. The van der Waals surface area contributed by atoms with Crippen molar-refractivity contribution in [2.24, 2.45) is 0 Å². The van der Waals surface area contributed by atoms with Gasteiger partial charge in [0.05, 0.1) is 12.2 Å². The van der Waals surface area contributed by atoms with Gasteiger partial charge in [-0.25, -0.2) is 0 Å². The second kappa shape index (κ2) is 8.09. The van der Waals surface area contributed by atoms with Gasteiger partial charge in [-0.2, -0.15) is 0 Å². The highest BCUT2D eigenvalue weighted by atomic mass is 35.5. The van der Waals surface area contributed by atoms with Crippen LogP contribution in [0.25, 0.3) is 11.1 Å². The van der Waals surface area contributed by atoms with Gasteiger partial charge in [0.25, 0.3) is 4.84 Å². The van der Waals surface area contributed by atoms with E-state index in [1.54, 1.807) is 0 Å². The summed E-state index contributed by atoms with van der Waals surface area (Å²) in [5, 5.41) is 0.642. The molecule has 4 aromatic rings. The summed E-state index contributed by atoms with van der Waals surface area (Å²) in [7, 11) is 0. The molecule has 0 aliphatic heterocycles. The molecule has 1 aromatic heterocycles. The zero-order valence-corrected chi connectivity index (χ0v) is 16.3. The van der Waals surface area contributed by atoms with Gasteiger partial charge in [-0.1, -0.05) is 72.3 Å². The fraction of sp³-hybridized carbons (Fsp3) is 0.136. The second-order valence-corrected chi connectivity index (χ2v) is 7.29. The molecular weight excluding hydrogens is 376 g/mol. The summed E-state index contributed by atoms with van der Waals surface area (Å²) in [6.45, 7) is 2.27. The van der Waals surface area contributed by atoms with Crippen LogP contribution in [0.3, 0.4) is 0 Å². The molecule has 0 aliphatic carbocycles. The Bertz CT molecular complexity index is 1050. The molecule has 0 amide bonds. The van der Waals surface area contributed by atoms with Crippen molar-refractivity contribution in [1.29, 1.82) is 0 Å². The molecule has 4 rings (SSSR count). The maximum Gasteiger partial charge on any atom is 0.270 e. The normalized spacial score (nSPS) is 11.3. The minimum absolute atomic E-state index is 0.457. The molecule has 0 atom stereocenters. The molecule has 3 aromatic carbocycles. The number of hydrogen-bond acceptors (Lipinski definition) is 3. The zero-order valence-electron chi connectivity index (χ0n) is 14.7. The van der Waals surface area contributed by atoms with Crippen LogP contribution in [0.4, 0.5) is 0 Å². The molecular formula is C22H19ClN2OS. The average molecular weight is 395 g/mol. The number of oxazole rings is 1. The standard InChI is InChI=1S/C22H19ClN2OS/c23-19-11-12-20-21(13-19)26-22(27)25(20)16-24(14-17-7-3-1-4-8-17)15-18-9-5-2-6-10-18/h1-13H,14-16H2. The number of nitrogens with zero attached hydrogens (tertiary/aromatic N) is 2. The third-order valence-electron chi connectivity index (χ3n) is 4.47. The Balaban J connectivity index is 1.66. The van der Waals surface area contributed by atoms with E-state index in [-0.39, 0.29) is 0 Å². The van der Waals surface area contributed by atoms with E-state index >= 15 is 0 Å². The van der Waals surface area contributed by atoms with E-state index in [9.17, 15) is 0 Å².